The van der Waals surface area contributed by atoms with Crippen molar-refractivity contribution in [2.24, 2.45) is 0 Å². The van der Waals surface area contributed by atoms with Crippen LogP contribution in [0.2, 0.25) is 0 Å². The van der Waals surface area contributed by atoms with E-state index < -0.39 is 22.0 Å². The van der Waals surface area contributed by atoms with Gasteiger partial charge in [0.05, 0.1) is 6.10 Å². The summed E-state index contributed by atoms with van der Waals surface area (Å²) in [6.45, 7) is 3.08. The molecule has 0 heterocycles. The molecule has 1 atom stereocenters. The maximum Gasteiger partial charge on any atom is 1.00 e. The Labute approximate surface area is 102 Å². The van der Waals surface area contributed by atoms with Crippen LogP contribution in [0.15, 0.2) is 12.3 Å². The molecule has 0 saturated heterocycles. The molecule has 13 heavy (non-hydrogen) atoms. The monoisotopic (exact) mass is 219 g/mol. The Morgan fingerprint density at radius 3 is 2.62 bits per heavy atom. The fourth-order valence-electron chi connectivity index (χ4n) is 0.499. The molecule has 0 rings (SSSR count). The third-order valence-corrected chi connectivity index (χ3v) is 2.10. The normalized spacial score (nSPS) is 13.8. The van der Waals surface area contributed by atoms with E-state index in [1.54, 1.807) is 13.0 Å². The van der Waals surface area contributed by atoms with Crippen LogP contribution in [0.4, 0.5) is 0 Å². The number of nitrogens with one attached hydrogen (secondary N) is 1. The summed E-state index contributed by atoms with van der Waals surface area (Å²) in [7, 11) is -3.67. The molecule has 0 spiro atoms. The molecule has 0 aromatic heterocycles. The van der Waals surface area contributed by atoms with Gasteiger partial charge in [-0.2, -0.15) is 12.7 Å². The van der Waals surface area contributed by atoms with Gasteiger partial charge < -0.3 is 6.53 Å². The summed E-state index contributed by atoms with van der Waals surface area (Å²) in [5.41, 5.74) is 2.10. The van der Waals surface area contributed by atoms with Gasteiger partial charge in [-0.15, -0.1) is 0 Å². The molecule has 0 bridgehead atoms. The second-order valence-corrected chi connectivity index (χ2v) is 3.89. The Morgan fingerprint density at radius 2 is 2.23 bits per heavy atom. The summed E-state index contributed by atoms with van der Waals surface area (Å²) in [6.07, 6.45) is 1.99. The fraction of sp³-hybridized carbons (Fsp3) is 0.667. The molecule has 0 aromatic carbocycles. The molecule has 0 fully saturated rings. The number of aliphatic hydroxyl groups is 1. The van der Waals surface area contributed by atoms with Crippen LogP contribution in [0.5, 0.6) is 0 Å². The molecule has 74 valence electrons. The van der Waals surface area contributed by atoms with Gasteiger partial charge in [0.25, 0.3) is 10.1 Å². The van der Waals surface area contributed by atoms with E-state index in [1.807, 2.05) is 0 Å². The number of hydrogen-bond donors (Lipinski definition) is 2. The average molecular weight is 219 g/mol. The van der Waals surface area contributed by atoms with Crippen LogP contribution < -0.4 is 35.0 Å². The SMILES string of the molecule is CC=CNOS(=O)(=O)CC(C)O.[H-].[Na+]. The first kappa shape index (κ1) is 15.9. The second-order valence-electron chi connectivity index (χ2n) is 2.27. The number of allylic oxidation sites excluding steroid dienone is 1. The van der Waals surface area contributed by atoms with Crippen molar-refractivity contribution in [2.75, 3.05) is 5.75 Å². The van der Waals surface area contributed by atoms with Crippen molar-refractivity contribution in [2.45, 2.75) is 20.0 Å². The van der Waals surface area contributed by atoms with Crippen molar-refractivity contribution in [3.05, 3.63) is 12.3 Å². The first-order valence-electron chi connectivity index (χ1n) is 3.44. The number of hydroxylamine groups is 1. The van der Waals surface area contributed by atoms with Crippen LogP contribution >= 0.6 is 0 Å². The van der Waals surface area contributed by atoms with Crippen LogP contribution in [0.25, 0.3) is 0 Å². The Kier molecular flexibility index (Phi) is 9.49. The molecule has 0 aliphatic heterocycles. The standard InChI is InChI=1S/C6H13NO4S.Na.H/c1-3-4-7-11-12(9,10)5-6(2)8;;/h3-4,6-8H,5H2,1-2H3;;/q;+1;-1. The summed E-state index contributed by atoms with van der Waals surface area (Å²) in [5, 5.41) is 8.74. The van der Waals surface area contributed by atoms with Gasteiger partial charge in [0.15, 0.2) is 0 Å². The molecule has 0 aliphatic carbocycles. The first-order valence-corrected chi connectivity index (χ1v) is 5.01. The predicted octanol–water partition coefficient (Wildman–Crippen LogP) is -3.13. The van der Waals surface area contributed by atoms with E-state index in [4.69, 9.17) is 5.11 Å². The summed E-state index contributed by atoms with van der Waals surface area (Å²) in [6, 6.07) is 0. The third kappa shape index (κ3) is 10.3. The van der Waals surface area contributed by atoms with E-state index in [2.05, 4.69) is 9.76 Å². The maximum atomic E-state index is 10.8. The first-order chi connectivity index (χ1) is 5.48. The zero-order chi connectivity index (χ0) is 9.61. The van der Waals surface area contributed by atoms with Gasteiger partial charge in [0, 0.05) is 6.20 Å². The minimum absolute atomic E-state index is 0. The van der Waals surface area contributed by atoms with Gasteiger partial charge >= 0.3 is 29.6 Å². The van der Waals surface area contributed by atoms with Gasteiger partial charge in [-0.05, 0) is 13.8 Å². The maximum absolute atomic E-state index is 10.8. The van der Waals surface area contributed by atoms with Crippen LogP contribution in [-0.2, 0) is 14.4 Å². The Hall–Kier alpha value is 0.410. The molecule has 0 amide bonds. The summed E-state index contributed by atoms with van der Waals surface area (Å²) in [4.78, 5) is 0. The minimum Gasteiger partial charge on any atom is -1.00 e. The van der Waals surface area contributed by atoms with Crippen molar-refractivity contribution in [1.29, 1.82) is 0 Å². The van der Waals surface area contributed by atoms with Gasteiger partial charge in [-0.3, -0.25) is 5.48 Å². The quantitative estimate of drug-likeness (QED) is 0.378. The topological polar surface area (TPSA) is 75.6 Å². The number of aliphatic hydroxyl groups excluding tert-OH is 1. The molecule has 0 radical (unpaired) electrons. The van der Waals surface area contributed by atoms with Crippen molar-refractivity contribution < 1.29 is 48.8 Å². The van der Waals surface area contributed by atoms with E-state index in [1.165, 1.54) is 13.1 Å². The zero-order valence-electron chi connectivity index (χ0n) is 9.02. The minimum atomic E-state index is -3.67. The summed E-state index contributed by atoms with van der Waals surface area (Å²) < 4.78 is 25.9. The van der Waals surface area contributed by atoms with Crippen LogP contribution in [0.1, 0.15) is 15.3 Å². The van der Waals surface area contributed by atoms with Gasteiger partial charge in [0.1, 0.15) is 5.75 Å². The average Bonchev–Trinajstić information content (AvgIpc) is 1.84. The molecule has 0 aliphatic rings. The molecular formula is C6H14NNaO4S. The predicted molar refractivity (Wildman–Crippen MR) is 45.6 cm³/mol. The zero-order valence-corrected chi connectivity index (χ0v) is 10.8. The van der Waals surface area contributed by atoms with Crippen molar-refractivity contribution in [1.82, 2.24) is 5.48 Å². The van der Waals surface area contributed by atoms with Crippen molar-refractivity contribution in [3.8, 4) is 0 Å². The fourth-order valence-corrected chi connectivity index (χ4v) is 1.36. The summed E-state index contributed by atoms with van der Waals surface area (Å²) in [5.74, 6) is -0.419. The smallest absolute Gasteiger partial charge is 1.00 e. The summed E-state index contributed by atoms with van der Waals surface area (Å²) >= 11 is 0. The van der Waals surface area contributed by atoms with E-state index in [-0.39, 0.29) is 31.0 Å². The van der Waals surface area contributed by atoms with Gasteiger partial charge in [-0.25, -0.2) is 0 Å². The van der Waals surface area contributed by atoms with E-state index in [0.29, 0.717) is 0 Å². The number of hydrogen-bond acceptors (Lipinski definition) is 5. The molecule has 7 heteroatoms. The molecule has 5 nitrogen and oxygen atoms in total. The molecule has 1 unspecified atom stereocenters. The van der Waals surface area contributed by atoms with Gasteiger partial charge in [0.2, 0.25) is 0 Å². The van der Waals surface area contributed by atoms with Crippen LogP contribution in [0, 0.1) is 0 Å². The Morgan fingerprint density at radius 1 is 1.69 bits per heavy atom. The van der Waals surface area contributed by atoms with Crippen LogP contribution in [0.3, 0.4) is 0 Å². The van der Waals surface area contributed by atoms with E-state index >= 15 is 0 Å². The Balaban J connectivity index is -0.000000605. The molecular weight excluding hydrogens is 205 g/mol. The van der Waals surface area contributed by atoms with Crippen LogP contribution in [-0.4, -0.2) is 25.4 Å². The van der Waals surface area contributed by atoms with Crippen molar-refractivity contribution >= 4 is 10.1 Å². The Bertz CT molecular complexity index is 242. The van der Waals surface area contributed by atoms with Crippen molar-refractivity contribution in [3.63, 3.8) is 0 Å². The van der Waals surface area contributed by atoms with E-state index in [9.17, 15) is 8.42 Å². The largest absolute Gasteiger partial charge is 1.00 e. The molecule has 0 saturated carbocycles. The molecule has 0 aromatic rings. The number of rotatable bonds is 5. The third-order valence-electron chi connectivity index (χ3n) is 0.855. The second kappa shape index (κ2) is 7.78. The van der Waals surface area contributed by atoms with Gasteiger partial charge in [-0.1, -0.05) is 6.08 Å². The molecule has 2 N–H and O–H groups in total. The van der Waals surface area contributed by atoms with E-state index in [0.717, 1.165) is 0 Å².